The predicted octanol–water partition coefficient (Wildman–Crippen LogP) is 2.57. The molecule has 0 bridgehead atoms. The summed E-state index contributed by atoms with van der Waals surface area (Å²) in [5, 5.41) is 9.01. The van der Waals surface area contributed by atoms with E-state index in [1.807, 2.05) is 11.8 Å². The Morgan fingerprint density at radius 1 is 1.38 bits per heavy atom. The average molecular weight is 222 g/mol. The molecule has 1 aliphatic rings. The third-order valence-corrected chi connectivity index (χ3v) is 3.17. The van der Waals surface area contributed by atoms with E-state index in [9.17, 15) is 4.79 Å². The Labute approximate surface area is 98.4 Å². The maximum absolute atomic E-state index is 12.0. The van der Waals surface area contributed by atoms with E-state index in [-0.39, 0.29) is 16.7 Å². The van der Waals surface area contributed by atoms with Gasteiger partial charge in [0.05, 0.1) is 11.5 Å². The van der Waals surface area contributed by atoms with Crippen LogP contribution in [0.1, 0.15) is 47.0 Å². The van der Waals surface area contributed by atoms with Gasteiger partial charge < -0.3 is 4.90 Å². The van der Waals surface area contributed by atoms with Crippen LogP contribution in [0.5, 0.6) is 0 Å². The zero-order valence-corrected chi connectivity index (χ0v) is 10.8. The van der Waals surface area contributed by atoms with E-state index < -0.39 is 0 Å². The van der Waals surface area contributed by atoms with Gasteiger partial charge in [-0.1, -0.05) is 20.8 Å². The van der Waals surface area contributed by atoms with Crippen LogP contribution in [0.4, 0.5) is 0 Å². The number of likely N-dealkylation sites (tertiary alicyclic amines) is 1. The summed E-state index contributed by atoms with van der Waals surface area (Å²) in [4.78, 5) is 13.9. The lowest BCUT2D eigenvalue weighted by Gasteiger charge is -2.36. The molecule has 0 atom stereocenters. The summed E-state index contributed by atoms with van der Waals surface area (Å²) in [6, 6.07) is 2.35. The summed E-state index contributed by atoms with van der Waals surface area (Å²) in [5.41, 5.74) is -0.175. The fraction of sp³-hybridized carbons (Fsp3) is 0.846. The van der Waals surface area contributed by atoms with Gasteiger partial charge in [0.15, 0.2) is 0 Å². The maximum Gasteiger partial charge on any atom is 0.223 e. The first-order valence-corrected chi connectivity index (χ1v) is 5.95. The molecule has 1 amide bonds. The molecule has 3 heteroatoms. The molecule has 1 saturated heterocycles. The van der Waals surface area contributed by atoms with Gasteiger partial charge in [0.25, 0.3) is 0 Å². The molecule has 0 spiro atoms. The van der Waals surface area contributed by atoms with Gasteiger partial charge >= 0.3 is 0 Å². The predicted molar refractivity (Wildman–Crippen MR) is 63.6 cm³/mol. The Morgan fingerprint density at radius 3 is 2.25 bits per heavy atom. The van der Waals surface area contributed by atoms with E-state index in [0.29, 0.717) is 6.42 Å². The summed E-state index contributed by atoms with van der Waals surface area (Å²) in [7, 11) is 0. The van der Waals surface area contributed by atoms with E-state index in [1.165, 1.54) is 0 Å². The van der Waals surface area contributed by atoms with Gasteiger partial charge in [-0.2, -0.15) is 5.26 Å². The zero-order valence-electron chi connectivity index (χ0n) is 10.8. The maximum atomic E-state index is 12.0. The number of carbonyl (C=O) groups is 1. The summed E-state index contributed by atoms with van der Waals surface area (Å²) in [6.07, 6.45) is 2.20. The lowest BCUT2D eigenvalue weighted by molar-refractivity contribution is -0.134. The molecular weight excluding hydrogens is 200 g/mol. The van der Waals surface area contributed by atoms with Crippen LogP contribution in [-0.2, 0) is 4.79 Å². The van der Waals surface area contributed by atoms with E-state index >= 15 is 0 Å². The van der Waals surface area contributed by atoms with Crippen molar-refractivity contribution in [2.24, 2.45) is 10.8 Å². The van der Waals surface area contributed by atoms with E-state index in [0.717, 1.165) is 25.9 Å². The smallest absolute Gasteiger partial charge is 0.223 e. The fourth-order valence-electron chi connectivity index (χ4n) is 1.93. The van der Waals surface area contributed by atoms with Crippen molar-refractivity contribution in [2.75, 3.05) is 13.1 Å². The molecule has 0 radical (unpaired) electrons. The van der Waals surface area contributed by atoms with Crippen molar-refractivity contribution >= 4 is 5.91 Å². The van der Waals surface area contributed by atoms with Crippen LogP contribution in [0.15, 0.2) is 0 Å². The van der Waals surface area contributed by atoms with E-state index in [1.54, 1.807) is 0 Å². The number of amides is 1. The van der Waals surface area contributed by atoms with Gasteiger partial charge in [-0.15, -0.1) is 0 Å². The van der Waals surface area contributed by atoms with Crippen LogP contribution in [0.3, 0.4) is 0 Å². The number of nitriles is 1. The Kier molecular flexibility index (Phi) is 3.62. The fourth-order valence-corrected chi connectivity index (χ4v) is 1.93. The SMILES string of the molecule is CC(C)(C)CC(=O)N1CCC(C)(C#N)CC1. The summed E-state index contributed by atoms with van der Waals surface area (Å²) >= 11 is 0. The first kappa shape index (κ1) is 13.0. The van der Waals surface area contributed by atoms with Gasteiger partial charge in [0, 0.05) is 19.5 Å². The quantitative estimate of drug-likeness (QED) is 0.684. The Morgan fingerprint density at radius 2 is 1.88 bits per heavy atom. The van der Waals surface area contributed by atoms with Crippen molar-refractivity contribution in [1.82, 2.24) is 4.90 Å². The molecule has 90 valence electrons. The van der Waals surface area contributed by atoms with Crippen molar-refractivity contribution in [1.29, 1.82) is 5.26 Å². The molecule has 1 fully saturated rings. The largest absolute Gasteiger partial charge is 0.343 e. The molecule has 16 heavy (non-hydrogen) atoms. The minimum Gasteiger partial charge on any atom is -0.343 e. The van der Waals surface area contributed by atoms with Crippen LogP contribution < -0.4 is 0 Å². The van der Waals surface area contributed by atoms with Crippen molar-refractivity contribution in [2.45, 2.75) is 47.0 Å². The van der Waals surface area contributed by atoms with Gasteiger partial charge in [0.2, 0.25) is 5.91 Å². The standard InChI is InChI=1S/C13H22N2O/c1-12(2,3)9-11(16)15-7-5-13(4,10-14)6-8-15/h5-9H2,1-4H3. The summed E-state index contributed by atoms with van der Waals surface area (Å²) in [6.45, 7) is 9.69. The highest BCUT2D eigenvalue weighted by Crippen LogP contribution is 2.31. The number of carbonyl (C=O) groups excluding carboxylic acids is 1. The average Bonchev–Trinajstić information content (AvgIpc) is 2.16. The highest BCUT2D eigenvalue weighted by molar-refractivity contribution is 5.76. The van der Waals surface area contributed by atoms with Crippen LogP contribution in [0.2, 0.25) is 0 Å². The molecule has 1 aliphatic heterocycles. The van der Waals surface area contributed by atoms with Gasteiger partial charge in [0.1, 0.15) is 0 Å². The van der Waals surface area contributed by atoms with Crippen LogP contribution in [0, 0.1) is 22.2 Å². The molecule has 0 saturated carbocycles. The van der Waals surface area contributed by atoms with Crippen molar-refractivity contribution in [3.8, 4) is 6.07 Å². The minimum absolute atomic E-state index is 0.0487. The monoisotopic (exact) mass is 222 g/mol. The zero-order chi connectivity index (χ0) is 12.4. The number of hydrogen-bond donors (Lipinski definition) is 0. The van der Waals surface area contributed by atoms with Crippen molar-refractivity contribution < 1.29 is 4.79 Å². The van der Waals surface area contributed by atoms with Crippen molar-refractivity contribution in [3.63, 3.8) is 0 Å². The topological polar surface area (TPSA) is 44.1 Å². The molecule has 3 nitrogen and oxygen atoms in total. The van der Waals surface area contributed by atoms with E-state index in [2.05, 4.69) is 26.8 Å². The third kappa shape index (κ3) is 3.52. The normalized spacial score (nSPS) is 20.3. The summed E-state index contributed by atoms with van der Waals surface area (Å²) in [5.74, 6) is 0.229. The molecular formula is C13H22N2O. The third-order valence-electron chi connectivity index (χ3n) is 3.17. The molecule has 0 aliphatic carbocycles. The number of piperidine rings is 1. The summed E-state index contributed by atoms with van der Waals surface area (Å²) < 4.78 is 0. The molecule has 0 aromatic rings. The number of rotatable bonds is 1. The lowest BCUT2D eigenvalue weighted by atomic mass is 9.81. The Balaban J connectivity index is 2.49. The Hall–Kier alpha value is -1.04. The first-order valence-electron chi connectivity index (χ1n) is 5.95. The van der Waals surface area contributed by atoms with Crippen LogP contribution in [-0.4, -0.2) is 23.9 Å². The highest BCUT2D eigenvalue weighted by Gasteiger charge is 2.32. The molecule has 0 aromatic heterocycles. The second-order valence-electron chi connectivity index (χ2n) is 6.29. The molecule has 0 unspecified atom stereocenters. The number of hydrogen-bond acceptors (Lipinski definition) is 2. The minimum atomic E-state index is -0.224. The molecule has 1 heterocycles. The van der Waals surface area contributed by atoms with Gasteiger partial charge in [-0.05, 0) is 25.2 Å². The van der Waals surface area contributed by atoms with Crippen molar-refractivity contribution in [3.05, 3.63) is 0 Å². The molecule has 0 aromatic carbocycles. The lowest BCUT2D eigenvalue weighted by Crippen LogP contribution is -2.42. The molecule has 0 N–H and O–H groups in total. The number of nitrogens with zero attached hydrogens (tertiary/aromatic N) is 2. The second kappa shape index (κ2) is 4.45. The van der Waals surface area contributed by atoms with Crippen LogP contribution in [0.25, 0.3) is 0 Å². The van der Waals surface area contributed by atoms with E-state index in [4.69, 9.17) is 5.26 Å². The first-order chi connectivity index (χ1) is 7.26. The van der Waals surface area contributed by atoms with Gasteiger partial charge in [-0.3, -0.25) is 4.79 Å². The Bertz CT molecular complexity index is 301. The second-order valence-corrected chi connectivity index (χ2v) is 6.29. The van der Waals surface area contributed by atoms with Crippen LogP contribution >= 0.6 is 0 Å². The highest BCUT2D eigenvalue weighted by atomic mass is 16.2. The van der Waals surface area contributed by atoms with Gasteiger partial charge in [-0.25, -0.2) is 0 Å². The molecule has 1 rings (SSSR count).